The van der Waals surface area contributed by atoms with Crippen molar-refractivity contribution in [1.29, 1.82) is 0 Å². The van der Waals surface area contributed by atoms with Crippen molar-refractivity contribution in [1.82, 2.24) is 10.2 Å². The Morgan fingerprint density at radius 1 is 1.15 bits per heavy atom. The van der Waals surface area contributed by atoms with Crippen LogP contribution in [-0.2, 0) is 27.6 Å². The highest BCUT2D eigenvalue weighted by atomic mass is 32.2. The third kappa shape index (κ3) is 2.71. The Hall–Kier alpha value is -1.40. The van der Waals surface area contributed by atoms with Gasteiger partial charge >= 0.3 is 0 Å². The maximum atomic E-state index is 12.4. The number of fused-ring (bicyclic) bond motifs is 1. The fourth-order valence-corrected chi connectivity index (χ4v) is 3.98. The van der Waals surface area contributed by atoms with Crippen LogP contribution >= 0.6 is 0 Å². The Balaban J connectivity index is 1.68. The van der Waals surface area contributed by atoms with Crippen LogP contribution in [0.3, 0.4) is 0 Å². The molecule has 2 aliphatic heterocycles. The van der Waals surface area contributed by atoms with E-state index in [2.05, 4.69) is 17.4 Å². The van der Waals surface area contributed by atoms with Crippen molar-refractivity contribution in [2.24, 2.45) is 0 Å². The molecule has 3 rings (SSSR count). The van der Waals surface area contributed by atoms with Crippen molar-refractivity contribution in [3.8, 4) is 0 Å². The molecule has 1 unspecified atom stereocenters. The van der Waals surface area contributed by atoms with Crippen molar-refractivity contribution in [3.05, 3.63) is 35.4 Å². The van der Waals surface area contributed by atoms with E-state index in [1.54, 1.807) is 4.90 Å². The molecule has 0 spiro atoms. The van der Waals surface area contributed by atoms with E-state index in [9.17, 15) is 13.2 Å². The first-order valence-corrected chi connectivity index (χ1v) is 8.67. The second-order valence-electron chi connectivity index (χ2n) is 5.38. The predicted octanol–water partition coefficient (Wildman–Crippen LogP) is -0.0421. The average Bonchev–Trinajstić information content (AvgIpc) is 2.46. The number of carbonyl (C=O) groups excluding carboxylic acids is 1. The SMILES string of the molecule is O=C(C1Cc2ccccc2CN1)N1CCS(=O)(=O)CC1. The molecule has 5 nitrogen and oxygen atoms in total. The summed E-state index contributed by atoms with van der Waals surface area (Å²) in [6.07, 6.45) is 0.679. The molecule has 1 aromatic carbocycles. The van der Waals surface area contributed by atoms with Crippen LogP contribution < -0.4 is 5.32 Å². The van der Waals surface area contributed by atoms with Gasteiger partial charge in [0.05, 0.1) is 17.5 Å². The number of carbonyl (C=O) groups is 1. The van der Waals surface area contributed by atoms with Crippen LogP contribution in [0.15, 0.2) is 24.3 Å². The molecule has 1 N–H and O–H groups in total. The molecule has 0 aliphatic carbocycles. The van der Waals surface area contributed by atoms with Gasteiger partial charge in [0.15, 0.2) is 9.84 Å². The number of benzene rings is 1. The van der Waals surface area contributed by atoms with Crippen LogP contribution in [0.4, 0.5) is 0 Å². The monoisotopic (exact) mass is 294 g/mol. The van der Waals surface area contributed by atoms with Gasteiger partial charge in [-0.2, -0.15) is 0 Å². The van der Waals surface area contributed by atoms with Crippen LogP contribution in [-0.4, -0.2) is 49.9 Å². The topological polar surface area (TPSA) is 66.5 Å². The van der Waals surface area contributed by atoms with Gasteiger partial charge in [0.1, 0.15) is 0 Å². The normalized spacial score (nSPS) is 25.0. The molecule has 1 amide bonds. The van der Waals surface area contributed by atoms with E-state index in [0.717, 1.165) is 0 Å². The molecular formula is C14H18N2O3S. The first kappa shape index (κ1) is 13.6. The summed E-state index contributed by atoms with van der Waals surface area (Å²) in [6.45, 7) is 1.33. The summed E-state index contributed by atoms with van der Waals surface area (Å²) in [4.78, 5) is 14.1. The van der Waals surface area contributed by atoms with E-state index in [4.69, 9.17) is 0 Å². The van der Waals surface area contributed by atoms with E-state index in [1.165, 1.54) is 11.1 Å². The Labute approximate surface area is 118 Å². The molecule has 2 aliphatic rings. The molecule has 0 saturated carbocycles. The zero-order valence-electron chi connectivity index (χ0n) is 11.2. The lowest BCUT2D eigenvalue weighted by Crippen LogP contribution is -2.53. The van der Waals surface area contributed by atoms with E-state index < -0.39 is 9.84 Å². The van der Waals surface area contributed by atoms with E-state index in [0.29, 0.717) is 26.1 Å². The first-order chi connectivity index (χ1) is 9.55. The summed E-state index contributed by atoms with van der Waals surface area (Å²) in [5.74, 6) is 0.193. The molecule has 1 saturated heterocycles. The quantitative estimate of drug-likeness (QED) is 0.789. The zero-order valence-corrected chi connectivity index (χ0v) is 12.0. The molecule has 1 aromatic rings. The van der Waals surface area contributed by atoms with Crippen LogP contribution in [0.2, 0.25) is 0 Å². The lowest BCUT2D eigenvalue weighted by atomic mass is 9.95. The lowest BCUT2D eigenvalue weighted by Gasteiger charge is -2.33. The number of hydrogen-bond acceptors (Lipinski definition) is 4. The van der Waals surface area contributed by atoms with Crippen LogP contribution in [0.25, 0.3) is 0 Å². The molecule has 1 fully saturated rings. The fourth-order valence-electron chi connectivity index (χ4n) is 2.78. The van der Waals surface area contributed by atoms with Crippen molar-refractivity contribution in [3.63, 3.8) is 0 Å². The smallest absolute Gasteiger partial charge is 0.240 e. The molecule has 6 heteroatoms. The van der Waals surface area contributed by atoms with E-state index >= 15 is 0 Å². The highest BCUT2D eigenvalue weighted by Crippen LogP contribution is 2.18. The van der Waals surface area contributed by atoms with E-state index in [-0.39, 0.29) is 23.5 Å². The standard InChI is InChI=1S/C14H18N2O3S/c17-14(16-5-7-20(18,19)8-6-16)13-9-11-3-1-2-4-12(11)10-15-13/h1-4,13,15H,5-10H2. The minimum atomic E-state index is -2.94. The largest absolute Gasteiger partial charge is 0.339 e. The highest BCUT2D eigenvalue weighted by Gasteiger charge is 2.31. The second-order valence-corrected chi connectivity index (χ2v) is 7.69. The number of hydrogen-bond donors (Lipinski definition) is 1. The number of sulfone groups is 1. The van der Waals surface area contributed by atoms with Gasteiger partial charge < -0.3 is 10.2 Å². The minimum Gasteiger partial charge on any atom is -0.339 e. The number of amides is 1. The minimum absolute atomic E-state index is 0.0226. The van der Waals surface area contributed by atoms with Gasteiger partial charge in [0.25, 0.3) is 0 Å². The number of nitrogens with one attached hydrogen (secondary N) is 1. The summed E-state index contributed by atoms with van der Waals surface area (Å²) in [7, 11) is -2.94. The van der Waals surface area contributed by atoms with Crippen molar-refractivity contribution in [2.45, 2.75) is 19.0 Å². The fraction of sp³-hybridized carbons (Fsp3) is 0.500. The molecule has 0 aromatic heterocycles. The number of nitrogens with zero attached hydrogens (tertiary/aromatic N) is 1. The molecule has 108 valence electrons. The molecule has 1 atom stereocenters. The van der Waals surface area contributed by atoms with E-state index in [1.807, 2.05) is 12.1 Å². The summed E-state index contributed by atoms with van der Waals surface area (Å²) >= 11 is 0. The third-order valence-corrected chi connectivity index (χ3v) is 5.64. The second kappa shape index (κ2) is 5.18. The highest BCUT2D eigenvalue weighted by molar-refractivity contribution is 7.91. The summed E-state index contributed by atoms with van der Waals surface area (Å²) in [5, 5.41) is 3.25. The van der Waals surface area contributed by atoms with Gasteiger partial charge in [0, 0.05) is 19.6 Å². The zero-order chi connectivity index (χ0) is 14.2. The average molecular weight is 294 g/mol. The molecule has 20 heavy (non-hydrogen) atoms. The molecule has 0 bridgehead atoms. The Bertz CT molecular complexity index is 613. The molecule has 0 radical (unpaired) electrons. The lowest BCUT2D eigenvalue weighted by molar-refractivity contribution is -0.133. The van der Waals surface area contributed by atoms with Crippen molar-refractivity contribution < 1.29 is 13.2 Å². The van der Waals surface area contributed by atoms with Crippen molar-refractivity contribution >= 4 is 15.7 Å². The van der Waals surface area contributed by atoms with Crippen LogP contribution in [0, 0.1) is 0 Å². The summed E-state index contributed by atoms with van der Waals surface area (Å²) in [5.41, 5.74) is 2.44. The molecular weight excluding hydrogens is 276 g/mol. The first-order valence-electron chi connectivity index (χ1n) is 6.84. The maximum absolute atomic E-state index is 12.4. The Kier molecular flexibility index (Phi) is 3.52. The van der Waals surface area contributed by atoms with Crippen LogP contribution in [0.5, 0.6) is 0 Å². The third-order valence-electron chi connectivity index (χ3n) is 4.04. The van der Waals surface area contributed by atoms with Gasteiger partial charge in [-0.3, -0.25) is 4.79 Å². The summed E-state index contributed by atoms with van der Waals surface area (Å²) in [6, 6.07) is 7.87. The predicted molar refractivity (Wildman–Crippen MR) is 76.0 cm³/mol. The number of rotatable bonds is 1. The van der Waals surface area contributed by atoms with Gasteiger partial charge in [-0.05, 0) is 17.5 Å². The van der Waals surface area contributed by atoms with Gasteiger partial charge in [-0.15, -0.1) is 0 Å². The molecule has 2 heterocycles. The Morgan fingerprint density at radius 2 is 1.80 bits per heavy atom. The van der Waals surface area contributed by atoms with Gasteiger partial charge in [0.2, 0.25) is 5.91 Å². The Morgan fingerprint density at radius 3 is 2.50 bits per heavy atom. The van der Waals surface area contributed by atoms with Crippen molar-refractivity contribution in [2.75, 3.05) is 24.6 Å². The van der Waals surface area contributed by atoms with Gasteiger partial charge in [-0.1, -0.05) is 24.3 Å². The maximum Gasteiger partial charge on any atom is 0.240 e. The summed E-state index contributed by atoms with van der Waals surface area (Å²) < 4.78 is 22.8. The van der Waals surface area contributed by atoms with Gasteiger partial charge in [-0.25, -0.2) is 8.42 Å². The van der Waals surface area contributed by atoms with Crippen LogP contribution in [0.1, 0.15) is 11.1 Å².